The standard InChI is InChI=1S/C17H18BrN5O2/c1-24-10-11-25-16-6-8-19-17(21-16)20-12-14-7-9-23(22-14)15-4-2-13(18)3-5-15/h2-9H,10-12H2,1H3,(H,19,20,21). The Morgan fingerprint density at radius 3 is 2.76 bits per heavy atom. The Labute approximate surface area is 154 Å². The zero-order valence-electron chi connectivity index (χ0n) is 13.7. The molecule has 8 heteroatoms. The first-order chi connectivity index (χ1) is 12.2. The molecule has 1 N–H and O–H groups in total. The number of halogens is 1. The number of anilines is 1. The van der Waals surface area contributed by atoms with Crippen LogP contribution in [0.2, 0.25) is 0 Å². The second-order valence-electron chi connectivity index (χ2n) is 5.14. The van der Waals surface area contributed by atoms with Crippen molar-refractivity contribution >= 4 is 21.9 Å². The molecule has 1 aromatic carbocycles. The van der Waals surface area contributed by atoms with Gasteiger partial charge in [-0.05, 0) is 30.3 Å². The number of hydrogen-bond donors (Lipinski definition) is 1. The summed E-state index contributed by atoms with van der Waals surface area (Å²) in [6.45, 7) is 1.48. The van der Waals surface area contributed by atoms with Crippen molar-refractivity contribution in [3.8, 4) is 11.6 Å². The maximum absolute atomic E-state index is 5.47. The number of nitrogens with zero attached hydrogens (tertiary/aromatic N) is 4. The summed E-state index contributed by atoms with van der Waals surface area (Å²) in [6, 6.07) is 11.6. The molecule has 0 radical (unpaired) electrons. The number of nitrogens with one attached hydrogen (secondary N) is 1. The highest BCUT2D eigenvalue weighted by Gasteiger charge is 2.04. The second kappa shape index (κ2) is 8.59. The van der Waals surface area contributed by atoms with Gasteiger partial charge in [0, 0.05) is 30.0 Å². The lowest BCUT2D eigenvalue weighted by atomic mass is 10.3. The molecule has 0 aliphatic rings. The third-order valence-electron chi connectivity index (χ3n) is 3.33. The van der Waals surface area contributed by atoms with Gasteiger partial charge in [0.15, 0.2) is 0 Å². The Bertz CT molecular complexity index is 807. The fraction of sp³-hybridized carbons (Fsp3) is 0.235. The van der Waals surface area contributed by atoms with Crippen molar-refractivity contribution in [3.63, 3.8) is 0 Å². The highest BCUT2D eigenvalue weighted by atomic mass is 79.9. The Balaban J connectivity index is 1.58. The maximum Gasteiger partial charge on any atom is 0.226 e. The fourth-order valence-corrected chi connectivity index (χ4v) is 2.36. The molecule has 0 saturated carbocycles. The van der Waals surface area contributed by atoms with Crippen LogP contribution in [-0.2, 0) is 11.3 Å². The molecule has 0 saturated heterocycles. The number of ether oxygens (including phenoxy) is 2. The molecular formula is C17H18BrN5O2. The van der Waals surface area contributed by atoms with Gasteiger partial charge in [-0.15, -0.1) is 0 Å². The van der Waals surface area contributed by atoms with Gasteiger partial charge in [0.1, 0.15) is 6.61 Å². The van der Waals surface area contributed by atoms with Crippen LogP contribution in [0, 0.1) is 0 Å². The van der Waals surface area contributed by atoms with Crippen LogP contribution >= 0.6 is 15.9 Å². The van der Waals surface area contributed by atoms with E-state index in [0.29, 0.717) is 31.6 Å². The zero-order chi connectivity index (χ0) is 17.5. The molecular weight excluding hydrogens is 386 g/mol. The van der Waals surface area contributed by atoms with E-state index in [1.54, 1.807) is 19.4 Å². The third-order valence-corrected chi connectivity index (χ3v) is 3.86. The topological polar surface area (TPSA) is 74.1 Å². The van der Waals surface area contributed by atoms with Crippen molar-refractivity contribution in [2.24, 2.45) is 0 Å². The summed E-state index contributed by atoms with van der Waals surface area (Å²) >= 11 is 3.43. The molecule has 0 atom stereocenters. The van der Waals surface area contributed by atoms with E-state index in [1.165, 1.54) is 0 Å². The van der Waals surface area contributed by atoms with Crippen molar-refractivity contribution < 1.29 is 9.47 Å². The van der Waals surface area contributed by atoms with Crippen LogP contribution in [0.5, 0.6) is 5.88 Å². The van der Waals surface area contributed by atoms with Gasteiger partial charge in [-0.1, -0.05) is 15.9 Å². The molecule has 130 valence electrons. The second-order valence-corrected chi connectivity index (χ2v) is 6.06. The van der Waals surface area contributed by atoms with Crippen molar-refractivity contribution in [1.29, 1.82) is 0 Å². The molecule has 25 heavy (non-hydrogen) atoms. The van der Waals surface area contributed by atoms with Gasteiger partial charge in [-0.2, -0.15) is 10.1 Å². The first kappa shape index (κ1) is 17.4. The van der Waals surface area contributed by atoms with Gasteiger partial charge < -0.3 is 14.8 Å². The van der Waals surface area contributed by atoms with Gasteiger partial charge in [-0.25, -0.2) is 9.67 Å². The predicted molar refractivity (Wildman–Crippen MR) is 98.0 cm³/mol. The van der Waals surface area contributed by atoms with Crippen molar-refractivity contribution in [2.75, 3.05) is 25.6 Å². The van der Waals surface area contributed by atoms with Crippen LogP contribution in [0.25, 0.3) is 5.69 Å². The summed E-state index contributed by atoms with van der Waals surface area (Å²) in [7, 11) is 1.63. The Morgan fingerprint density at radius 2 is 1.96 bits per heavy atom. The summed E-state index contributed by atoms with van der Waals surface area (Å²) < 4.78 is 13.3. The molecule has 0 unspecified atom stereocenters. The van der Waals surface area contributed by atoms with E-state index in [4.69, 9.17) is 9.47 Å². The van der Waals surface area contributed by atoms with Gasteiger partial charge in [0.2, 0.25) is 11.8 Å². The molecule has 3 rings (SSSR count). The minimum atomic E-state index is 0.449. The number of benzene rings is 1. The molecule has 0 spiro atoms. The average molecular weight is 404 g/mol. The first-order valence-corrected chi connectivity index (χ1v) is 8.53. The Hall–Kier alpha value is -2.45. The monoisotopic (exact) mass is 403 g/mol. The van der Waals surface area contributed by atoms with E-state index in [2.05, 4.69) is 36.3 Å². The summed E-state index contributed by atoms with van der Waals surface area (Å²) in [5.74, 6) is 1.00. The molecule has 0 amide bonds. The molecule has 2 aromatic heterocycles. The highest BCUT2D eigenvalue weighted by molar-refractivity contribution is 9.10. The lowest BCUT2D eigenvalue weighted by Gasteiger charge is -2.07. The molecule has 0 aliphatic heterocycles. The minimum absolute atomic E-state index is 0.449. The molecule has 0 fully saturated rings. The van der Waals surface area contributed by atoms with E-state index in [0.717, 1.165) is 15.9 Å². The van der Waals surface area contributed by atoms with Gasteiger partial charge in [0.25, 0.3) is 0 Å². The molecule has 2 heterocycles. The lowest BCUT2D eigenvalue weighted by molar-refractivity contribution is 0.143. The van der Waals surface area contributed by atoms with Gasteiger partial charge >= 0.3 is 0 Å². The number of rotatable bonds is 8. The van der Waals surface area contributed by atoms with Crippen LogP contribution in [0.15, 0.2) is 53.3 Å². The quantitative estimate of drug-likeness (QED) is 0.582. The van der Waals surface area contributed by atoms with Gasteiger partial charge in [-0.3, -0.25) is 0 Å². The minimum Gasteiger partial charge on any atom is -0.475 e. The van der Waals surface area contributed by atoms with Crippen LogP contribution in [0.3, 0.4) is 0 Å². The van der Waals surface area contributed by atoms with E-state index in [1.807, 2.05) is 41.2 Å². The summed E-state index contributed by atoms with van der Waals surface area (Å²) in [6.07, 6.45) is 3.57. The first-order valence-electron chi connectivity index (χ1n) is 7.74. The molecule has 0 bridgehead atoms. The largest absolute Gasteiger partial charge is 0.475 e. The predicted octanol–water partition coefficient (Wildman–Crippen LogP) is 3.06. The summed E-state index contributed by atoms with van der Waals surface area (Å²) in [5, 5.41) is 7.69. The fourth-order valence-electron chi connectivity index (χ4n) is 2.10. The number of aromatic nitrogens is 4. The SMILES string of the molecule is COCCOc1ccnc(NCc2ccn(-c3ccc(Br)cc3)n2)n1. The van der Waals surface area contributed by atoms with E-state index in [-0.39, 0.29) is 0 Å². The summed E-state index contributed by atoms with van der Waals surface area (Å²) in [4.78, 5) is 8.48. The smallest absolute Gasteiger partial charge is 0.226 e. The number of hydrogen-bond acceptors (Lipinski definition) is 6. The average Bonchev–Trinajstić information content (AvgIpc) is 3.10. The summed E-state index contributed by atoms with van der Waals surface area (Å²) in [5.41, 5.74) is 1.89. The zero-order valence-corrected chi connectivity index (χ0v) is 15.3. The van der Waals surface area contributed by atoms with Crippen LogP contribution in [0.1, 0.15) is 5.69 Å². The van der Waals surface area contributed by atoms with Crippen LogP contribution in [0.4, 0.5) is 5.95 Å². The van der Waals surface area contributed by atoms with Crippen molar-refractivity contribution in [1.82, 2.24) is 19.7 Å². The normalized spacial score (nSPS) is 10.6. The number of methoxy groups -OCH3 is 1. The molecule has 0 aliphatic carbocycles. The Morgan fingerprint density at radius 1 is 1.12 bits per heavy atom. The van der Waals surface area contributed by atoms with Crippen molar-refractivity contribution in [2.45, 2.75) is 6.54 Å². The molecule has 3 aromatic rings. The van der Waals surface area contributed by atoms with Crippen LogP contribution < -0.4 is 10.1 Å². The Kier molecular flexibility index (Phi) is 5.97. The maximum atomic E-state index is 5.47. The van der Waals surface area contributed by atoms with E-state index >= 15 is 0 Å². The third kappa shape index (κ3) is 5.01. The van der Waals surface area contributed by atoms with Crippen molar-refractivity contribution in [3.05, 3.63) is 59.0 Å². The highest BCUT2D eigenvalue weighted by Crippen LogP contribution is 2.14. The van der Waals surface area contributed by atoms with E-state index < -0.39 is 0 Å². The van der Waals surface area contributed by atoms with E-state index in [9.17, 15) is 0 Å². The van der Waals surface area contributed by atoms with Gasteiger partial charge in [0.05, 0.1) is 24.5 Å². The lowest BCUT2D eigenvalue weighted by Crippen LogP contribution is -2.08. The molecule has 7 nitrogen and oxygen atoms in total. The van der Waals surface area contributed by atoms with Crippen LogP contribution in [-0.4, -0.2) is 40.1 Å².